The molecule has 0 fully saturated rings. The molecule has 0 unspecified atom stereocenters. The van der Waals surface area contributed by atoms with E-state index in [1.54, 1.807) is 7.11 Å². The van der Waals surface area contributed by atoms with E-state index >= 15 is 0 Å². The number of rotatable bonds is 6. The Balaban J connectivity index is 1.51. The molecule has 6 nitrogen and oxygen atoms in total. The fourth-order valence-electron chi connectivity index (χ4n) is 2.62. The minimum atomic E-state index is -0.339. The van der Waals surface area contributed by atoms with Crippen molar-refractivity contribution in [1.29, 1.82) is 0 Å². The van der Waals surface area contributed by atoms with Gasteiger partial charge >= 0.3 is 0 Å². The first-order chi connectivity index (χ1) is 13.9. The molecule has 8 heteroatoms. The van der Waals surface area contributed by atoms with Crippen LogP contribution in [-0.4, -0.2) is 29.7 Å². The van der Waals surface area contributed by atoms with Crippen molar-refractivity contribution in [3.05, 3.63) is 59.0 Å². The zero-order valence-corrected chi connectivity index (χ0v) is 17.9. The van der Waals surface area contributed by atoms with Crippen molar-refractivity contribution >= 4 is 39.7 Å². The molecule has 0 radical (unpaired) electrons. The van der Waals surface area contributed by atoms with Gasteiger partial charge in [-0.1, -0.05) is 17.7 Å². The van der Waals surface area contributed by atoms with Crippen LogP contribution in [0.25, 0.3) is 11.3 Å². The fourth-order valence-corrected chi connectivity index (χ4v) is 3.62. The SMILES string of the molecule is COc1ccc(-c2csc(NC(=S)NC(=O)COc3ccc(C)cc3C)n2)cc1. The quantitative estimate of drug-likeness (QED) is 0.571. The Labute approximate surface area is 178 Å². The Bertz CT molecular complexity index is 1020. The molecule has 29 heavy (non-hydrogen) atoms. The number of nitrogens with zero attached hydrogens (tertiary/aromatic N) is 1. The van der Waals surface area contributed by atoms with Crippen LogP contribution in [0.1, 0.15) is 11.1 Å². The average Bonchev–Trinajstić information content (AvgIpc) is 3.15. The molecule has 0 saturated heterocycles. The summed E-state index contributed by atoms with van der Waals surface area (Å²) in [6, 6.07) is 13.4. The monoisotopic (exact) mass is 427 g/mol. The van der Waals surface area contributed by atoms with Gasteiger partial charge in [0, 0.05) is 10.9 Å². The zero-order chi connectivity index (χ0) is 20.8. The second-order valence-electron chi connectivity index (χ2n) is 6.33. The largest absolute Gasteiger partial charge is 0.497 e. The van der Waals surface area contributed by atoms with Crippen LogP contribution >= 0.6 is 23.6 Å². The first-order valence-corrected chi connectivity index (χ1v) is 10.1. The van der Waals surface area contributed by atoms with E-state index in [0.29, 0.717) is 10.9 Å². The topological polar surface area (TPSA) is 72.5 Å². The molecule has 1 heterocycles. The number of methoxy groups -OCH3 is 1. The maximum Gasteiger partial charge on any atom is 0.264 e. The van der Waals surface area contributed by atoms with Crippen molar-refractivity contribution < 1.29 is 14.3 Å². The Kier molecular flexibility index (Phi) is 6.79. The molecule has 0 spiro atoms. The lowest BCUT2D eigenvalue weighted by Crippen LogP contribution is -2.37. The van der Waals surface area contributed by atoms with Crippen LogP contribution in [-0.2, 0) is 4.79 Å². The fraction of sp³-hybridized carbons (Fsp3) is 0.190. The minimum absolute atomic E-state index is 0.124. The standard InChI is InChI=1S/C21H21N3O3S2/c1-13-4-9-18(14(2)10-13)27-11-19(25)23-20(28)24-21-22-17(12-29-21)15-5-7-16(26-3)8-6-15/h4-10,12H,11H2,1-3H3,(H2,22,23,24,25,28). The summed E-state index contributed by atoms with van der Waals surface area (Å²) in [6.45, 7) is 3.82. The highest BCUT2D eigenvalue weighted by molar-refractivity contribution is 7.80. The smallest absolute Gasteiger partial charge is 0.264 e. The molecule has 2 aromatic carbocycles. The number of hydrogen-bond acceptors (Lipinski definition) is 6. The van der Waals surface area contributed by atoms with Crippen LogP contribution in [0.15, 0.2) is 47.8 Å². The number of aryl methyl sites for hydroxylation is 2. The zero-order valence-electron chi connectivity index (χ0n) is 16.3. The van der Waals surface area contributed by atoms with Gasteiger partial charge in [-0.15, -0.1) is 11.3 Å². The number of benzene rings is 2. The Morgan fingerprint density at radius 1 is 1.17 bits per heavy atom. The molecule has 2 N–H and O–H groups in total. The summed E-state index contributed by atoms with van der Waals surface area (Å²) in [6.07, 6.45) is 0. The van der Waals surface area contributed by atoms with Gasteiger partial charge in [0.1, 0.15) is 11.5 Å². The maximum absolute atomic E-state index is 12.1. The predicted molar refractivity (Wildman–Crippen MR) is 120 cm³/mol. The van der Waals surface area contributed by atoms with Gasteiger partial charge in [0.05, 0.1) is 12.8 Å². The number of aromatic nitrogens is 1. The van der Waals surface area contributed by atoms with Gasteiger partial charge < -0.3 is 14.8 Å². The van der Waals surface area contributed by atoms with Crippen LogP contribution in [0.5, 0.6) is 11.5 Å². The first kappa shape index (κ1) is 20.8. The Hall–Kier alpha value is -2.97. The highest BCUT2D eigenvalue weighted by atomic mass is 32.1. The second-order valence-corrected chi connectivity index (χ2v) is 7.59. The van der Waals surface area contributed by atoms with Gasteiger partial charge in [-0.05, 0) is 62.0 Å². The summed E-state index contributed by atoms with van der Waals surface area (Å²) < 4.78 is 10.7. The summed E-state index contributed by atoms with van der Waals surface area (Å²) in [5, 5.41) is 8.21. The van der Waals surface area contributed by atoms with Gasteiger partial charge in [-0.3, -0.25) is 10.1 Å². The van der Waals surface area contributed by atoms with E-state index in [-0.39, 0.29) is 17.6 Å². The number of carbonyl (C=O) groups is 1. The van der Waals surface area contributed by atoms with Crippen LogP contribution in [0.3, 0.4) is 0 Å². The Morgan fingerprint density at radius 2 is 1.93 bits per heavy atom. The molecule has 0 aliphatic carbocycles. The van der Waals surface area contributed by atoms with Crippen molar-refractivity contribution in [2.24, 2.45) is 0 Å². The molecular weight excluding hydrogens is 406 g/mol. The number of thiocarbonyl (C=S) groups is 1. The molecule has 150 valence electrons. The van der Waals surface area contributed by atoms with Crippen molar-refractivity contribution in [3.63, 3.8) is 0 Å². The van der Waals surface area contributed by atoms with Crippen molar-refractivity contribution in [3.8, 4) is 22.8 Å². The summed E-state index contributed by atoms with van der Waals surface area (Å²) in [5.74, 6) is 1.12. The van der Waals surface area contributed by atoms with Gasteiger partial charge in [0.25, 0.3) is 5.91 Å². The molecule has 1 aromatic heterocycles. The highest BCUT2D eigenvalue weighted by Crippen LogP contribution is 2.26. The van der Waals surface area contributed by atoms with Crippen molar-refractivity contribution in [1.82, 2.24) is 10.3 Å². The van der Waals surface area contributed by atoms with Gasteiger partial charge in [-0.2, -0.15) is 0 Å². The molecule has 3 aromatic rings. The molecule has 1 amide bonds. The minimum Gasteiger partial charge on any atom is -0.497 e. The number of amides is 1. The summed E-state index contributed by atoms with van der Waals surface area (Å²) in [7, 11) is 1.63. The van der Waals surface area contributed by atoms with E-state index in [1.807, 2.05) is 61.7 Å². The number of nitrogens with one attached hydrogen (secondary N) is 2. The number of thiazole rings is 1. The third-order valence-electron chi connectivity index (χ3n) is 4.05. The number of anilines is 1. The third-order valence-corrected chi connectivity index (χ3v) is 5.01. The highest BCUT2D eigenvalue weighted by Gasteiger charge is 2.10. The first-order valence-electron chi connectivity index (χ1n) is 8.85. The lowest BCUT2D eigenvalue weighted by Gasteiger charge is -2.10. The molecule has 0 bridgehead atoms. The molecule has 3 rings (SSSR count). The van der Waals surface area contributed by atoms with E-state index in [9.17, 15) is 4.79 Å². The summed E-state index contributed by atoms with van der Waals surface area (Å²) in [5.41, 5.74) is 3.90. The van der Waals surface area contributed by atoms with Gasteiger partial charge in [-0.25, -0.2) is 4.98 Å². The lowest BCUT2D eigenvalue weighted by molar-refractivity contribution is -0.121. The molecule has 0 aliphatic rings. The van der Waals surface area contributed by atoms with Crippen LogP contribution in [0.2, 0.25) is 0 Å². The number of carbonyl (C=O) groups excluding carboxylic acids is 1. The van der Waals surface area contributed by atoms with E-state index in [1.165, 1.54) is 11.3 Å². The van der Waals surface area contributed by atoms with E-state index in [4.69, 9.17) is 21.7 Å². The van der Waals surface area contributed by atoms with Gasteiger partial charge in [0.15, 0.2) is 16.9 Å². The van der Waals surface area contributed by atoms with Crippen molar-refractivity contribution in [2.75, 3.05) is 19.0 Å². The van der Waals surface area contributed by atoms with Crippen LogP contribution in [0.4, 0.5) is 5.13 Å². The molecule has 0 aliphatic heterocycles. The lowest BCUT2D eigenvalue weighted by atomic mass is 10.1. The average molecular weight is 428 g/mol. The van der Waals surface area contributed by atoms with E-state index in [0.717, 1.165) is 28.1 Å². The summed E-state index contributed by atoms with van der Waals surface area (Å²) in [4.78, 5) is 16.6. The number of ether oxygens (including phenoxy) is 2. The molecular formula is C21H21N3O3S2. The molecule has 0 saturated carbocycles. The van der Waals surface area contributed by atoms with Crippen molar-refractivity contribution in [2.45, 2.75) is 13.8 Å². The second kappa shape index (κ2) is 9.49. The number of hydrogen-bond donors (Lipinski definition) is 2. The Morgan fingerprint density at radius 3 is 2.62 bits per heavy atom. The molecule has 0 atom stereocenters. The van der Waals surface area contributed by atoms with Gasteiger partial charge in [0.2, 0.25) is 0 Å². The van der Waals surface area contributed by atoms with Crippen LogP contribution < -0.4 is 20.1 Å². The summed E-state index contributed by atoms with van der Waals surface area (Å²) >= 11 is 6.60. The van der Waals surface area contributed by atoms with Crippen LogP contribution in [0, 0.1) is 13.8 Å². The maximum atomic E-state index is 12.1. The van der Waals surface area contributed by atoms with E-state index in [2.05, 4.69) is 15.6 Å². The van der Waals surface area contributed by atoms with E-state index < -0.39 is 0 Å². The predicted octanol–water partition coefficient (Wildman–Crippen LogP) is 4.33. The normalized spacial score (nSPS) is 10.3. The third kappa shape index (κ3) is 5.75.